The van der Waals surface area contributed by atoms with E-state index in [1.807, 2.05) is 0 Å². The van der Waals surface area contributed by atoms with E-state index in [0.717, 1.165) is 0 Å². The lowest BCUT2D eigenvalue weighted by Crippen LogP contribution is -2.39. The van der Waals surface area contributed by atoms with Crippen LogP contribution in [0, 0.1) is 11.3 Å². The molecule has 0 saturated heterocycles. The number of imide groups is 1. The Kier molecular flexibility index (Phi) is 4.70. The molecule has 0 unspecified atom stereocenters. The lowest BCUT2D eigenvalue weighted by Gasteiger charge is -2.02. The number of nitrogens with one attached hydrogen (secondary N) is 1. The van der Waals surface area contributed by atoms with Gasteiger partial charge in [-0.15, -0.1) is 0 Å². The number of rotatable bonds is 3. The third-order valence-electron chi connectivity index (χ3n) is 0.913. The molecule has 3 amide bonds. The number of amides is 3. The summed E-state index contributed by atoms with van der Waals surface area (Å²) in [6.07, 6.45) is -0.264. The van der Waals surface area contributed by atoms with Gasteiger partial charge in [0.1, 0.15) is 12.2 Å². The average Bonchev–Trinajstić information content (AvgIpc) is 2.03. The summed E-state index contributed by atoms with van der Waals surface area (Å²) >= 11 is 0. The van der Waals surface area contributed by atoms with Crippen molar-refractivity contribution in [1.29, 1.82) is 5.26 Å². The van der Waals surface area contributed by atoms with Crippen LogP contribution in [-0.4, -0.2) is 23.8 Å². The highest BCUT2D eigenvalue weighted by Crippen LogP contribution is 1.89. The highest BCUT2D eigenvalue weighted by molar-refractivity contribution is 6.46. The summed E-state index contributed by atoms with van der Waals surface area (Å²) in [5.41, 5.74) is 4.11. The molecule has 0 aromatic heterocycles. The van der Waals surface area contributed by atoms with Crippen molar-refractivity contribution in [3.63, 3.8) is 0 Å². The molecule has 7 heteroatoms. The van der Waals surface area contributed by atoms with Crippen LogP contribution >= 0.6 is 0 Å². The van der Waals surface area contributed by atoms with Gasteiger partial charge >= 0.3 is 6.03 Å². The highest BCUT2D eigenvalue weighted by Gasteiger charge is 2.13. The Bertz CT molecular complexity index is 303. The number of nitrogens with two attached hydrogens (primary N) is 1. The Labute approximate surface area is 80.5 Å². The van der Waals surface area contributed by atoms with Gasteiger partial charge in [0, 0.05) is 0 Å². The zero-order chi connectivity index (χ0) is 11.1. The van der Waals surface area contributed by atoms with E-state index in [0.29, 0.717) is 0 Å². The lowest BCUT2D eigenvalue weighted by atomic mass is 10.4. The lowest BCUT2D eigenvalue weighted by molar-refractivity contribution is -0.113. The maximum Gasteiger partial charge on any atom is 0.319 e. The van der Waals surface area contributed by atoms with Crippen LogP contribution in [0.25, 0.3) is 0 Å². The van der Waals surface area contributed by atoms with Crippen molar-refractivity contribution in [2.75, 3.05) is 0 Å². The van der Waals surface area contributed by atoms with Crippen LogP contribution in [0.4, 0.5) is 4.79 Å². The first-order valence-electron chi connectivity index (χ1n) is 3.72. The fraction of sp³-hybridized carbons (Fsp3) is 0.429. The Hall–Kier alpha value is -2.10. The molecule has 0 saturated carbocycles. The minimum absolute atomic E-state index is 0.264. The topological polar surface area (TPSA) is 118 Å². The van der Waals surface area contributed by atoms with Gasteiger partial charge < -0.3 is 10.6 Å². The molecule has 0 aliphatic carbocycles. The van der Waals surface area contributed by atoms with Crippen LogP contribution in [0.15, 0.2) is 5.16 Å². The first-order valence-corrected chi connectivity index (χ1v) is 3.72. The molecule has 0 atom stereocenters. The number of nitriles is 1. The van der Waals surface area contributed by atoms with E-state index >= 15 is 0 Å². The van der Waals surface area contributed by atoms with E-state index in [-0.39, 0.29) is 6.10 Å². The summed E-state index contributed by atoms with van der Waals surface area (Å²) in [6.45, 7) is 3.34. The molecule has 0 radical (unpaired) electrons. The van der Waals surface area contributed by atoms with Crippen LogP contribution in [0.2, 0.25) is 0 Å². The van der Waals surface area contributed by atoms with Gasteiger partial charge in [-0.05, 0) is 13.8 Å². The number of carbonyl (C=O) groups is 2. The van der Waals surface area contributed by atoms with E-state index in [1.54, 1.807) is 19.2 Å². The minimum Gasteiger partial charge on any atom is -0.392 e. The standard InChI is InChI=1S/C7H10N4O3/c1-4(2)14-11-5(3-8)6(12)10-7(9)13/h4H,1-2H3,(H3,9,10,12,13)/b11-5+. The molecule has 0 rings (SSSR count). The van der Waals surface area contributed by atoms with E-state index < -0.39 is 17.6 Å². The van der Waals surface area contributed by atoms with Gasteiger partial charge in [0.15, 0.2) is 0 Å². The molecular weight excluding hydrogens is 188 g/mol. The van der Waals surface area contributed by atoms with Crippen molar-refractivity contribution in [2.45, 2.75) is 20.0 Å². The second kappa shape index (κ2) is 5.53. The molecule has 0 aliphatic rings. The number of hydrogen-bond acceptors (Lipinski definition) is 5. The molecule has 76 valence electrons. The number of oxime groups is 1. The van der Waals surface area contributed by atoms with E-state index in [9.17, 15) is 9.59 Å². The molecule has 0 fully saturated rings. The van der Waals surface area contributed by atoms with Crippen LogP contribution in [-0.2, 0) is 9.63 Å². The van der Waals surface area contributed by atoms with E-state index in [1.165, 1.54) is 6.07 Å². The third kappa shape index (κ3) is 4.71. The Morgan fingerprint density at radius 1 is 1.57 bits per heavy atom. The van der Waals surface area contributed by atoms with E-state index in [4.69, 9.17) is 5.26 Å². The first kappa shape index (κ1) is 11.9. The van der Waals surface area contributed by atoms with Crippen LogP contribution < -0.4 is 11.1 Å². The van der Waals surface area contributed by atoms with Crippen molar-refractivity contribution in [3.05, 3.63) is 0 Å². The Morgan fingerprint density at radius 2 is 2.14 bits per heavy atom. The SMILES string of the molecule is CC(C)O/N=C(\C#N)C(=O)NC(N)=O. The zero-order valence-corrected chi connectivity index (χ0v) is 7.77. The summed E-state index contributed by atoms with van der Waals surface area (Å²) in [5, 5.41) is 13.4. The normalized spacial score (nSPS) is 10.6. The number of nitrogens with zero attached hydrogens (tertiary/aromatic N) is 2. The predicted molar refractivity (Wildman–Crippen MR) is 47.0 cm³/mol. The quantitative estimate of drug-likeness (QED) is 0.468. The summed E-state index contributed by atoms with van der Waals surface area (Å²) in [6, 6.07) is 0.414. The van der Waals surface area contributed by atoms with Crippen molar-refractivity contribution in [1.82, 2.24) is 5.32 Å². The number of carbonyl (C=O) groups excluding carboxylic acids is 2. The molecule has 0 heterocycles. The molecule has 7 nitrogen and oxygen atoms in total. The second-order valence-corrected chi connectivity index (χ2v) is 2.52. The predicted octanol–water partition coefficient (Wildman–Crippen LogP) is -0.514. The highest BCUT2D eigenvalue weighted by atomic mass is 16.6. The van der Waals surface area contributed by atoms with Crippen molar-refractivity contribution < 1.29 is 14.4 Å². The van der Waals surface area contributed by atoms with Gasteiger partial charge in [-0.1, -0.05) is 5.16 Å². The Morgan fingerprint density at radius 3 is 2.50 bits per heavy atom. The summed E-state index contributed by atoms with van der Waals surface area (Å²) in [4.78, 5) is 25.9. The third-order valence-corrected chi connectivity index (χ3v) is 0.913. The maximum absolute atomic E-state index is 11.0. The van der Waals surface area contributed by atoms with Gasteiger partial charge in [-0.3, -0.25) is 10.1 Å². The van der Waals surface area contributed by atoms with Gasteiger partial charge in [0.05, 0.1) is 0 Å². The van der Waals surface area contributed by atoms with Crippen molar-refractivity contribution in [3.8, 4) is 6.07 Å². The van der Waals surface area contributed by atoms with Crippen LogP contribution in [0.5, 0.6) is 0 Å². The number of hydrogen-bond donors (Lipinski definition) is 2. The summed E-state index contributed by atoms with van der Waals surface area (Å²) in [5.74, 6) is -0.986. The molecule has 0 bridgehead atoms. The monoisotopic (exact) mass is 198 g/mol. The van der Waals surface area contributed by atoms with Crippen LogP contribution in [0.3, 0.4) is 0 Å². The smallest absolute Gasteiger partial charge is 0.319 e. The van der Waals surface area contributed by atoms with Crippen molar-refractivity contribution in [2.24, 2.45) is 10.9 Å². The summed E-state index contributed by atoms with van der Waals surface area (Å²) < 4.78 is 0. The maximum atomic E-state index is 11.0. The zero-order valence-electron chi connectivity index (χ0n) is 7.77. The minimum atomic E-state index is -1.05. The first-order chi connectivity index (χ1) is 6.47. The molecule has 0 aliphatic heterocycles. The fourth-order valence-electron chi connectivity index (χ4n) is 0.442. The average molecular weight is 198 g/mol. The number of urea groups is 1. The van der Waals surface area contributed by atoms with Gasteiger partial charge in [-0.25, -0.2) is 4.79 Å². The van der Waals surface area contributed by atoms with Gasteiger partial charge in [-0.2, -0.15) is 5.26 Å². The molecule has 3 N–H and O–H groups in total. The summed E-state index contributed by atoms with van der Waals surface area (Å²) in [7, 11) is 0. The molecule has 0 aromatic rings. The molecule has 0 aromatic carbocycles. The van der Waals surface area contributed by atoms with Gasteiger partial charge in [0.2, 0.25) is 5.71 Å². The number of primary amides is 1. The molecule has 0 spiro atoms. The van der Waals surface area contributed by atoms with E-state index in [2.05, 4.69) is 15.7 Å². The van der Waals surface area contributed by atoms with Crippen molar-refractivity contribution >= 4 is 17.6 Å². The Balaban J connectivity index is 4.42. The largest absolute Gasteiger partial charge is 0.392 e. The molecule has 14 heavy (non-hydrogen) atoms. The second-order valence-electron chi connectivity index (χ2n) is 2.52. The molecular formula is C7H10N4O3. The van der Waals surface area contributed by atoms with Gasteiger partial charge in [0.25, 0.3) is 5.91 Å². The fourth-order valence-corrected chi connectivity index (χ4v) is 0.442. The van der Waals surface area contributed by atoms with Crippen LogP contribution in [0.1, 0.15) is 13.8 Å².